The fourth-order valence-corrected chi connectivity index (χ4v) is 3.88. The molecule has 1 amide bonds. The normalized spacial score (nSPS) is 10.6. The molecule has 0 aliphatic rings. The smallest absolute Gasteiger partial charge is 0.350 e. The van der Waals surface area contributed by atoms with Crippen LogP contribution in [0.3, 0.4) is 0 Å². The SMILES string of the molecule is CCc1ccccc1NC(=O)COC(=O)c1sc2ccccc2c1Cl. The molecule has 1 aromatic heterocycles. The highest BCUT2D eigenvalue weighted by Gasteiger charge is 2.19. The number of anilines is 1. The first-order valence-corrected chi connectivity index (χ1v) is 9.01. The Bertz CT molecular complexity index is 935. The third kappa shape index (κ3) is 3.83. The highest BCUT2D eigenvalue weighted by Crippen LogP contribution is 2.35. The fraction of sp³-hybridized carbons (Fsp3) is 0.158. The minimum Gasteiger partial charge on any atom is -0.451 e. The van der Waals surface area contributed by atoms with Gasteiger partial charge in [-0.3, -0.25) is 4.79 Å². The van der Waals surface area contributed by atoms with Crippen LogP contribution < -0.4 is 5.32 Å². The Balaban J connectivity index is 1.65. The van der Waals surface area contributed by atoms with E-state index in [0.29, 0.717) is 9.90 Å². The number of aryl methyl sites for hydroxylation is 1. The molecule has 0 aliphatic heterocycles. The van der Waals surface area contributed by atoms with Crippen LogP contribution in [0.5, 0.6) is 0 Å². The molecule has 0 saturated heterocycles. The Morgan fingerprint density at radius 2 is 1.84 bits per heavy atom. The molecule has 6 heteroatoms. The van der Waals surface area contributed by atoms with Gasteiger partial charge in [-0.1, -0.05) is 54.9 Å². The lowest BCUT2D eigenvalue weighted by Gasteiger charge is -2.09. The molecule has 0 radical (unpaired) electrons. The molecule has 1 heterocycles. The summed E-state index contributed by atoms with van der Waals surface area (Å²) < 4.78 is 6.02. The lowest BCUT2D eigenvalue weighted by atomic mass is 10.1. The first-order chi connectivity index (χ1) is 12.1. The van der Waals surface area contributed by atoms with Gasteiger partial charge in [-0.15, -0.1) is 11.3 Å². The number of fused-ring (bicyclic) bond motifs is 1. The average molecular weight is 374 g/mol. The highest BCUT2D eigenvalue weighted by atomic mass is 35.5. The summed E-state index contributed by atoms with van der Waals surface area (Å²) in [7, 11) is 0. The molecule has 0 fully saturated rings. The van der Waals surface area contributed by atoms with Gasteiger partial charge < -0.3 is 10.1 Å². The number of nitrogens with one attached hydrogen (secondary N) is 1. The van der Waals surface area contributed by atoms with Gasteiger partial charge in [0, 0.05) is 15.8 Å². The number of hydrogen-bond acceptors (Lipinski definition) is 4. The van der Waals surface area contributed by atoms with Gasteiger partial charge in [-0.2, -0.15) is 0 Å². The van der Waals surface area contributed by atoms with Crippen LogP contribution in [0.2, 0.25) is 5.02 Å². The maximum absolute atomic E-state index is 12.2. The van der Waals surface area contributed by atoms with Crippen molar-refractivity contribution in [3.63, 3.8) is 0 Å². The monoisotopic (exact) mass is 373 g/mol. The van der Waals surface area contributed by atoms with E-state index < -0.39 is 5.97 Å². The van der Waals surface area contributed by atoms with E-state index in [4.69, 9.17) is 16.3 Å². The third-order valence-corrected chi connectivity index (χ3v) is 5.38. The van der Waals surface area contributed by atoms with E-state index in [9.17, 15) is 9.59 Å². The van der Waals surface area contributed by atoms with E-state index >= 15 is 0 Å². The predicted molar refractivity (Wildman–Crippen MR) is 102 cm³/mol. The zero-order chi connectivity index (χ0) is 17.8. The molecule has 0 saturated carbocycles. The van der Waals surface area contributed by atoms with Gasteiger partial charge in [-0.05, 0) is 24.1 Å². The van der Waals surface area contributed by atoms with Gasteiger partial charge in [0.15, 0.2) is 6.61 Å². The molecule has 128 valence electrons. The zero-order valence-corrected chi connectivity index (χ0v) is 15.1. The van der Waals surface area contributed by atoms with E-state index in [-0.39, 0.29) is 12.5 Å². The van der Waals surface area contributed by atoms with Crippen molar-refractivity contribution in [2.75, 3.05) is 11.9 Å². The summed E-state index contributed by atoms with van der Waals surface area (Å²) in [5.41, 5.74) is 1.75. The van der Waals surface area contributed by atoms with Crippen molar-refractivity contribution >= 4 is 50.6 Å². The summed E-state index contributed by atoms with van der Waals surface area (Å²) >= 11 is 7.50. The maximum Gasteiger partial charge on any atom is 0.350 e. The van der Waals surface area contributed by atoms with Crippen molar-refractivity contribution in [1.29, 1.82) is 0 Å². The summed E-state index contributed by atoms with van der Waals surface area (Å²) in [6.45, 7) is 1.65. The molecule has 0 spiro atoms. The van der Waals surface area contributed by atoms with Gasteiger partial charge in [-0.25, -0.2) is 4.79 Å². The largest absolute Gasteiger partial charge is 0.451 e. The van der Waals surface area contributed by atoms with Crippen LogP contribution in [0.25, 0.3) is 10.1 Å². The first kappa shape index (κ1) is 17.5. The van der Waals surface area contributed by atoms with Gasteiger partial charge >= 0.3 is 5.97 Å². The lowest BCUT2D eigenvalue weighted by molar-refractivity contribution is -0.119. The Morgan fingerprint density at radius 3 is 2.60 bits per heavy atom. The predicted octanol–water partition coefficient (Wildman–Crippen LogP) is 4.91. The molecule has 0 aliphatic carbocycles. The Labute approximate surface area is 154 Å². The van der Waals surface area contributed by atoms with Crippen LogP contribution in [0, 0.1) is 0 Å². The Hall–Kier alpha value is -2.37. The molecular formula is C19H16ClNO3S. The van der Waals surface area contributed by atoms with Crippen molar-refractivity contribution < 1.29 is 14.3 Å². The fourth-order valence-electron chi connectivity index (χ4n) is 2.48. The number of amides is 1. The van der Waals surface area contributed by atoms with E-state index in [0.717, 1.165) is 27.8 Å². The molecule has 2 aromatic carbocycles. The molecule has 3 aromatic rings. The van der Waals surface area contributed by atoms with Crippen molar-refractivity contribution in [2.45, 2.75) is 13.3 Å². The number of thiophene rings is 1. The number of carbonyl (C=O) groups is 2. The topological polar surface area (TPSA) is 55.4 Å². The lowest BCUT2D eigenvalue weighted by Crippen LogP contribution is -2.21. The molecule has 0 bridgehead atoms. The van der Waals surface area contributed by atoms with Gasteiger partial charge in [0.25, 0.3) is 5.91 Å². The molecule has 3 rings (SSSR count). The van der Waals surface area contributed by atoms with E-state index in [1.807, 2.05) is 55.5 Å². The van der Waals surface area contributed by atoms with Crippen LogP contribution in [0.4, 0.5) is 5.69 Å². The van der Waals surface area contributed by atoms with E-state index in [1.165, 1.54) is 11.3 Å². The molecule has 0 unspecified atom stereocenters. The quantitative estimate of drug-likeness (QED) is 0.646. The second-order valence-electron chi connectivity index (χ2n) is 5.38. The van der Waals surface area contributed by atoms with Crippen LogP contribution in [-0.4, -0.2) is 18.5 Å². The molecule has 4 nitrogen and oxygen atoms in total. The number of rotatable bonds is 5. The first-order valence-electron chi connectivity index (χ1n) is 7.82. The van der Waals surface area contributed by atoms with Crippen molar-refractivity contribution in [1.82, 2.24) is 0 Å². The van der Waals surface area contributed by atoms with Crippen molar-refractivity contribution in [3.05, 3.63) is 64.0 Å². The van der Waals surface area contributed by atoms with Crippen LogP contribution >= 0.6 is 22.9 Å². The van der Waals surface area contributed by atoms with Crippen LogP contribution in [0.15, 0.2) is 48.5 Å². The Morgan fingerprint density at radius 1 is 1.12 bits per heavy atom. The van der Waals surface area contributed by atoms with Crippen LogP contribution in [0.1, 0.15) is 22.2 Å². The minimum atomic E-state index is -0.592. The van der Waals surface area contributed by atoms with Crippen molar-refractivity contribution in [2.24, 2.45) is 0 Å². The number of para-hydroxylation sites is 1. The number of benzene rings is 2. The molecule has 25 heavy (non-hydrogen) atoms. The molecule has 0 atom stereocenters. The third-order valence-electron chi connectivity index (χ3n) is 3.73. The number of carbonyl (C=O) groups excluding carboxylic acids is 2. The minimum absolute atomic E-state index is 0.310. The summed E-state index contributed by atoms with van der Waals surface area (Å²) in [5.74, 6) is -0.975. The highest BCUT2D eigenvalue weighted by molar-refractivity contribution is 7.21. The standard InChI is InChI=1S/C19H16ClNO3S/c1-2-12-7-3-5-9-14(12)21-16(22)11-24-19(23)18-17(20)13-8-4-6-10-15(13)25-18/h3-10H,2,11H2,1H3,(H,21,22). The number of ether oxygens (including phenoxy) is 1. The van der Waals surface area contributed by atoms with Gasteiger partial charge in [0.2, 0.25) is 0 Å². The average Bonchev–Trinajstić information content (AvgIpc) is 2.97. The summed E-state index contributed by atoms with van der Waals surface area (Å²) in [6.07, 6.45) is 0.799. The molecular weight excluding hydrogens is 358 g/mol. The van der Waals surface area contributed by atoms with Gasteiger partial charge in [0.05, 0.1) is 5.02 Å². The van der Waals surface area contributed by atoms with Crippen molar-refractivity contribution in [3.8, 4) is 0 Å². The zero-order valence-electron chi connectivity index (χ0n) is 13.5. The summed E-state index contributed by atoms with van der Waals surface area (Å²) in [4.78, 5) is 24.6. The number of esters is 1. The van der Waals surface area contributed by atoms with Gasteiger partial charge in [0.1, 0.15) is 4.88 Å². The van der Waals surface area contributed by atoms with Crippen LogP contribution in [-0.2, 0) is 16.0 Å². The molecule has 1 N–H and O–H groups in total. The summed E-state index contributed by atoms with van der Waals surface area (Å²) in [5, 5.41) is 3.93. The second kappa shape index (κ2) is 7.68. The Kier molecular flexibility index (Phi) is 5.36. The number of hydrogen-bond donors (Lipinski definition) is 1. The summed E-state index contributed by atoms with van der Waals surface area (Å²) in [6, 6.07) is 15.0. The second-order valence-corrected chi connectivity index (χ2v) is 6.81. The van der Waals surface area contributed by atoms with E-state index in [1.54, 1.807) is 0 Å². The maximum atomic E-state index is 12.2. The number of halogens is 1. The van der Waals surface area contributed by atoms with E-state index in [2.05, 4.69) is 5.32 Å².